The van der Waals surface area contributed by atoms with Crippen LogP contribution in [0.3, 0.4) is 0 Å². The Morgan fingerprint density at radius 3 is 2.18 bits per heavy atom. The zero-order valence-corrected chi connectivity index (χ0v) is 10.6. The molecule has 100 valence electrons. The minimum absolute atomic E-state index is 0.0690. The summed E-state index contributed by atoms with van der Waals surface area (Å²) in [5.74, 6) is 0. The van der Waals surface area contributed by atoms with Crippen molar-refractivity contribution in [1.29, 1.82) is 5.26 Å². The van der Waals surface area contributed by atoms with Gasteiger partial charge < -0.3 is 0 Å². The van der Waals surface area contributed by atoms with Gasteiger partial charge in [-0.2, -0.15) is 18.4 Å². The van der Waals surface area contributed by atoms with Crippen molar-refractivity contribution in [3.63, 3.8) is 0 Å². The zero-order valence-electron chi connectivity index (χ0n) is 10.6. The normalized spacial score (nSPS) is 15.6. The van der Waals surface area contributed by atoms with E-state index in [0.717, 1.165) is 6.42 Å². The van der Waals surface area contributed by atoms with Gasteiger partial charge in [-0.25, -0.2) is 0 Å². The van der Waals surface area contributed by atoms with Crippen molar-refractivity contribution < 1.29 is 13.2 Å². The molecular formula is C11H20F3N3. The molecule has 0 aliphatic rings. The van der Waals surface area contributed by atoms with Crippen LogP contribution in [0, 0.1) is 11.3 Å². The van der Waals surface area contributed by atoms with E-state index in [0.29, 0.717) is 6.54 Å². The standard InChI is InChI=1S/C11H20F3N3/c1-4-6-16-10(3,7-15)8-17(5-2)9-11(12,13)14/h16H,4-6,8-9H2,1-3H3. The van der Waals surface area contributed by atoms with Crippen LogP contribution in [0.25, 0.3) is 0 Å². The lowest BCUT2D eigenvalue weighted by atomic mass is 10.0. The molecule has 0 aromatic rings. The van der Waals surface area contributed by atoms with Gasteiger partial charge in [-0.3, -0.25) is 10.2 Å². The van der Waals surface area contributed by atoms with Crippen LogP contribution in [0.15, 0.2) is 0 Å². The largest absolute Gasteiger partial charge is 0.401 e. The molecule has 0 heterocycles. The highest BCUT2D eigenvalue weighted by atomic mass is 19.4. The lowest BCUT2D eigenvalue weighted by molar-refractivity contribution is -0.146. The number of likely N-dealkylation sites (N-methyl/N-ethyl adjacent to an activating group) is 1. The second kappa shape index (κ2) is 6.82. The Morgan fingerprint density at radius 1 is 1.24 bits per heavy atom. The number of alkyl halides is 3. The summed E-state index contributed by atoms with van der Waals surface area (Å²) >= 11 is 0. The van der Waals surface area contributed by atoms with E-state index < -0.39 is 18.3 Å². The summed E-state index contributed by atoms with van der Waals surface area (Å²) in [6.07, 6.45) is -3.39. The van der Waals surface area contributed by atoms with E-state index in [4.69, 9.17) is 5.26 Å². The number of nitriles is 1. The number of hydrogen-bond donors (Lipinski definition) is 1. The minimum atomic E-state index is -4.23. The Hall–Kier alpha value is -0.800. The minimum Gasteiger partial charge on any atom is -0.299 e. The van der Waals surface area contributed by atoms with E-state index in [1.54, 1.807) is 13.8 Å². The van der Waals surface area contributed by atoms with E-state index in [1.165, 1.54) is 4.90 Å². The van der Waals surface area contributed by atoms with Gasteiger partial charge in [0.25, 0.3) is 0 Å². The maximum Gasteiger partial charge on any atom is 0.401 e. The molecule has 0 aromatic carbocycles. The molecule has 0 amide bonds. The summed E-state index contributed by atoms with van der Waals surface area (Å²) in [5.41, 5.74) is -0.933. The van der Waals surface area contributed by atoms with Gasteiger partial charge in [0.15, 0.2) is 0 Å². The van der Waals surface area contributed by atoms with Crippen LogP contribution in [0.2, 0.25) is 0 Å². The maximum atomic E-state index is 12.3. The Bertz CT molecular complexity index is 260. The number of nitrogens with one attached hydrogen (secondary N) is 1. The lowest BCUT2D eigenvalue weighted by Gasteiger charge is -2.31. The molecule has 0 aliphatic heterocycles. The molecule has 1 unspecified atom stereocenters. The third kappa shape index (κ3) is 7.18. The Morgan fingerprint density at radius 2 is 1.82 bits per heavy atom. The van der Waals surface area contributed by atoms with Crippen LogP contribution in [0.4, 0.5) is 13.2 Å². The molecule has 3 nitrogen and oxygen atoms in total. The van der Waals surface area contributed by atoms with Crippen molar-refractivity contribution in [2.45, 2.75) is 38.9 Å². The first-order chi connectivity index (χ1) is 7.76. The fourth-order valence-electron chi connectivity index (χ4n) is 1.51. The van der Waals surface area contributed by atoms with Gasteiger partial charge >= 0.3 is 6.18 Å². The Kier molecular flexibility index (Phi) is 6.50. The summed E-state index contributed by atoms with van der Waals surface area (Å²) in [6.45, 7) is 5.20. The van der Waals surface area contributed by atoms with E-state index in [-0.39, 0.29) is 13.1 Å². The number of rotatable bonds is 7. The van der Waals surface area contributed by atoms with Gasteiger partial charge in [0.1, 0.15) is 5.54 Å². The molecule has 0 saturated heterocycles. The summed E-state index contributed by atoms with van der Waals surface area (Å²) in [6, 6.07) is 2.04. The van der Waals surface area contributed by atoms with Crippen LogP contribution >= 0.6 is 0 Å². The quantitative estimate of drug-likeness (QED) is 0.753. The first kappa shape index (κ1) is 16.2. The van der Waals surface area contributed by atoms with Crippen LogP contribution < -0.4 is 5.32 Å². The predicted molar refractivity (Wildman–Crippen MR) is 60.5 cm³/mol. The SMILES string of the molecule is CCCNC(C)(C#N)CN(CC)CC(F)(F)F. The van der Waals surface area contributed by atoms with Crippen molar-refractivity contribution >= 4 is 0 Å². The molecule has 0 spiro atoms. The molecule has 1 atom stereocenters. The first-order valence-corrected chi connectivity index (χ1v) is 5.71. The molecule has 0 bridgehead atoms. The molecular weight excluding hydrogens is 231 g/mol. The zero-order chi connectivity index (χ0) is 13.5. The van der Waals surface area contributed by atoms with Crippen LogP contribution in [0.1, 0.15) is 27.2 Å². The van der Waals surface area contributed by atoms with Gasteiger partial charge in [0, 0.05) is 6.54 Å². The van der Waals surface area contributed by atoms with Gasteiger partial charge in [-0.15, -0.1) is 0 Å². The number of hydrogen-bond acceptors (Lipinski definition) is 3. The average Bonchev–Trinajstić information content (AvgIpc) is 2.23. The van der Waals surface area contributed by atoms with Crippen LogP contribution in [-0.4, -0.2) is 42.8 Å². The second-order valence-corrected chi connectivity index (χ2v) is 4.29. The molecule has 0 radical (unpaired) electrons. The highest BCUT2D eigenvalue weighted by Gasteiger charge is 2.33. The molecule has 0 aromatic heterocycles. The van der Waals surface area contributed by atoms with Gasteiger partial charge in [0.05, 0.1) is 12.6 Å². The molecule has 0 rings (SSSR count). The van der Waals surface area contributed by atoms with Crippen molar-refractivity contribution in [2.75, 3.05) is 26.2 Å². The number of nitrogens with zero attached hydrogens (tertiary/aromatic N) is 2. The van der Waals surface area contributed by atoms with Crippen LogP contribution in [-0.2, 0) is 0 Å². The molecule has 17 heavy (non-hydrogen) atoms. The van der Waals surface area contributed by atoms with E-state index in [9.17, 15) is 13.2 Å². The summed E-state index contributed by atoms with van der Waals surface area (Å²) < 4.78 is 36.8. The molecule has 0 aliphatic carbocycles. The summed E-state index contributed by atoms with van der Waals surface area (Å²) in [5, 5.41) is 12.0. The van der Waals surface area contributed by atoms with Gasteiger partial charge in [-0.1, -0.05) is 13.8 Å². The molecule has 1 N–H and O–H groups in total. The highest BCUT2D eigenvalue weighted by molar-refractivity contribution is 5.05. The second-order valence-electron chi connectivity index (χ2n) is 4.29. The monoisotopic (exact) mass is 251 g/mol. The third-order valence-electron chi connectivity index (χ3n) is 2.40. The maximum absolute atomic E-state index is 12.3. The predicted octanol–water partition coefficient (Wildman–Crippen LogP) is 2.15. The van der Waals surface area contributed by atoms with Crippen molar-refractivity contribution in [3.05, 3.63) is 0 Å². The smallest absolute Gasteiger partial charge is 0.299 e. The van der Waals surface area contributed by atoms with Crippen molar-refractivity contribution in [2.24, 2.45) is 0 Å². The first-order valence-electron chi connectivity index (χ1n) is 5.71. The van der Waals surface area contributed by atoms with Crippen LogP contribution in [0.5, 0.6) is 0 Å². The van der Waals surface area contributed by atoms with Gasteiger partial charge in [-0.05, 0) is 26.4 Å². The van der Waals surface area contributed by atoms with E-state index in [2.05, 4.69) is 5.32 Å². The topological polar surface area (TPSA) is 39.1 Å². The Balaban J connectivity index is 4.46. The molecule has 0 saturated carbocycles. The van der Waals surface area contributed by atoms with Crippen molar-refractivity contribution in [1.82, 2.24) is 10.2 Å². The molecule has 6 heteroatoms. The van der Waals surface area contributed by atoms with E-state index >= 15 is 0 Å². The summed E-state index contributed by atoms with van der Waals surface area (Å²) in [4.78, 5) is 1.23. The highest BCUT2D eigenvalue weighted by Crippen LogP contribution is 2.17. The summed E-state index contributed by atoms with van der Waals surface area (Å²) in [7, 11) is 0. The fraction of sp³-hybridized carbons (Fsp3) is 0.909. The van der Waals surface area contributed by atoms with Gasteiger partial charge in [0.2, 0.25) is 0 Å². The average molecular weight is 251 g/mol. The number of halogens is 3. The third-order valence-corrected chi connectivity index (χ3v) is 2.40. The Labute approximate surface area is 101 Å². The molecule has 0 fully saturated rings. The van der Waals surface area contributed by atoms with E-state index in [1.807, 2.05) is 13.0 Å². The lowest BCUT2D eigenvalue weighted by Crippen LogP contribution is -2.52. The van der Waals surface area contributed by atoms with Crippen molar-refractivity contribution in [3.8, 4) is 6.07 Å². The fourth-order valence-corrected chi connectivity index (χ4v) is 1.51.